The van der Waals surface area contributed by atoms with Gasteiger partial charge in [-0.05, 0) is 32.0 Å². The van der Waals surface area contributed by atoms with Gasteiger partial charge in [0.25, 0.3) is 0 Å². The second-order valence-electron chi connectivity index (χ2n) is 5.29. The summed E-state index contributed by atoms with van der Waals surface area (Å²) in [4.78, 5) is 9.71. The zero-order valence-corrected chi connectivity index (χ0v) is 14.8. The molecule has 0 amide bonds. The molecule has 136 valence electrons. The second kappa shape index (κ2) is 8.06. The van der Waals surface area contributed by atoms with Gasteiger partial charge in [-0.15, -0.1) is 12.4 Å². The summed E-state index contributed by atoms with van der Waals surface area (Å²) in [5.74, 6) is -1.50. The molecule has 0 aromatic heterocycles. The number of rotatable bonds is 6. The number of hydrogen-bond acceptors (Lipinski definition) is 6. The highest BCUT2D eigenvalue weighted by Crippen LogP contribution is 2.34. The smallest absolute Gasteiger partial charge is 0.315 e. The van der Waals surface area contributed by atoms with E-state index in [0.717, 1.165) is 19.2 Å². The monoisotopic (exact) mass is 383 g/mol. The molecule has 2 rings (SSSR count). The maximum atomic E-state index is 14.0. The Hall–Kier alpha value is -1.49. The fourth-order valence-electron chi connectivity index (χ4n) is 2.66. The standard InChI is InChI=1S/C13H18FN3O5S.ClH/c1-15-7-9-3-4-16(8-9)23(20,21)10-5-11(14)13(22-2)12(6-10)17(18)19;/h5-6,9,15H,3-4,7-8H2,1-2H3;1H. The van der Waals surface area contributed by atoms with Crippen LogP contribution in [0.2, 0.25) is 0 Å². The highest BCUT2D eigenvalue weighted by molar-refractivity contribution is 7.89. The number of sulfonamides is 1. The molecule has 24 heavy (non-hydrogen) atoms. The number of halogens is 2. The molecule has 1 aromatic carbocycles. The van der Waals surface area contributed by atoms with Crippen molar-refractivity contribution in [1.29, 1.82) is 0 Å². The van der Waals surface area contributed by atoms with Crippen LogP contribution in [0.25, 0.3) is 0 Å². The summed E-state index contributed by atoms with van der Waals surface area (Å²) < 4.78 is 45.0. The van der Waals surface area contributed by atoms with E-state index < -0.39 is 37.1 Å². The number of nitro groups is 1. The van der Waals surface area contributed by atoms with Crippen LogP contribution >= 0.6 is 12.4 Å². The zero-order valence-electron chi connectivity index (χ0n) is 13.2. The molecular weight excluding hydrogens is 365 g/mol. The van der Waals surface area contributed by atoms with Crippen molar-refractivity contribution in [2.24, 2.45) is 5.92 Å². The third-order valence-electron chi connectivity index (χ3n) is 3.78. The summed E-state index contributed by atoms with van der Waals surface area (Å²) in [6.07, 6.45) is 0.681. The molecule has 0 spiro atoms. The molecule has 0 bridgehead atoms. The Labute approximate surface area is 145 Å². The van der Waals surface area contributed by atoms with Crippen molar-refractivity contribution in [3.63, 3.8) is 0 Å². The number of nitro benzene ring substituents is 1. The lowest BCUT2D eigenvalue weighted by Crippen LogP contribution is -2.30. The summed E-state index contributed by atoms with van der Waals surface area (Å²) in [7, 11) is -1.13. The van der Waals surface area contributed by atoms with Crippen molar-refractivity contribution >= 4 is 28.1 Å². The molecule has 0 radical (unpaired) electrons. The molecule has 0 saturated carbocycles. The number of nitrogens with zero attached hydrogens (tertiary/aromatic N) is 2. The van der Waals surface area contributed by atoms with Crippen molar-refractivity contribution in [3.05, 3.63) is 28.1 Å². The number of benzene rings is 1. The first kappa shape index (κ1) is 20.6. The molecule has 1 atom stereocenters. The molecule has 8 nitrogen and oxygen atoms in total. The predicted octanol–water partition coefficient (Wildman–Crippen LogP) is 1.39. The lowest BCUT2D eigenvalue weighted by atomic mass is 10.1. The average molecular weight is 384 g/mol. The second-order valence-corrected chi connectivity index (χ2v) is 7.23. The Morgan fingerprint density at radius 1 is 1.50 bits per heavy atom. The van der Waals surface area contributed by atoms with Gasteiger partial charge in [0.1, 0.15) is 0 Å². The van der Waals surface area contributed by atoms with Crippen molar-refractivity contribution in [3.8, 4) is 5.75 Å². The Bertz CT molecular complexity index is 716. The van der Waals surface area contributed by atoms with Crippen LogP contribution in [0.1, 0.15) is 6.42 Å². The van der Waals surface area contributed by atoms with E-state index in [4.69, 9.17) is 0 Å². The predicted molar refractivity (Wildman–Crippen MR) is 87.6 cm³/mol. The van der Waals surface area contributed by atoms with E-state index in [1.807, 2.05) is 0 Å². The van der Waals surface area contributed by atoms with E-state index in [0.29, 0.717) is 26.1 Å². The lowest BCUT2D eigenvalue weighted by molar-refractivity contribution is -0.386. The largest absolute Gasteiger partial charge is 0.488 e. The minimum absolute atomic E-state index is 0. The van der Waals surface area contributed by atoms with Crippen LogP contribution < -0.4 is 10.1 Å². The first-order chi connectivity index (χ1) is 10.8. The van der Waals surface area contributed by atoms with E-state index in [1.165, 1.54) is 4.31 Å². The molecule has 1 fully saturated rings. The minimum atomic E-state index is -3.99. The van der Waals surface area contributed by atoms with Crippen LogP contribution in [-0.2, 0) is 10.0 Å². The summed E-state index contributed by atoms with van der Waals surface area (Å²) >= 11 is 0. The first-order valence-corrected chi connectivity index (χ1v) is 8.42. The quantitative estimate of drug-likeness (QED) is 0.588. The van der Waals surface area contributed by atoms with Crippen LogP contribution in [0.4, 0.5) is 10.1 Å². The van der Waals surface area contributed by atoms with E-state index in [9.17, 15) is 22.9 Å². The van der Waals surface area contributed by atoms with Gasteiger partial charge in [0.05, 0.1) is 16.9 Å². The number of nitrogens with one attached hydrogen (secondary N) is 1. The van der Waals surface area contributed by atoms with Crippen LogP contribution in [-0.4, -0.2) is 51.4 Å². The first-order valence-electron chi connectivity index (χ1n) is 6.98. The summed E-state index contributed by atoms with van der Waals surface area (Å²) in [5.41, 5.74) is -0.711. The van der Waals surface area contributed by atoms with Crippen LogP contribution in [0.3, 0.4) is 0 Å². The third-order valence-corrected chi connectivity index (χ3v) is 5.62. The molecule has 11 heteroatoms. The van der Waals surface area contributed by atoms with Crippen molar-refractivity contribution in [2.75, 3.05) is 33.8 Å². The SMILES string of the molecule is CNCC1CCN(S(=O)(=O)c2cc(F)c(OC)c([N+](=O)[O-])c2)C1.Cl. The van der Waals surface area contributed by atoms with Crippen molar-refractivity contribution < 1.29 is 22.5 Å². The molecule has 1 N–H and O–H groups in total. The van der Waals surface area contributed by atoms with Gasteiger partial charge >= 0.3 is 5.69 Å². The molecule has 1 aliphatic rings. The molecule has 1 aliphatic heterocycles. The Morgan fingerprint density at radius 3 is 2.71 bits per heavy atom. The lowest BCUT2D eigenvalue weighted by Gasteiger charge is -2.17. The zero-order chi connectivity index (χ0) is 17.2. The van der Waals surface area contributed by atoms with Gasteiger partial charge in [0, 0.05) is 19.2 Å². The molecule has 1 heterocycles. The fourth-order valence-corrected chi connectivity index (χ4v) is 4.23. The summed E-state index contributed by atoms with van der Waals surface area (Å²) in [6, 6.07) is 1.59. The van der Waals surface area contributed by atoms with Gasteiger partial charge in [-0.3, -0.25) is 10.1 Å². The third kappa shape index (κ3) is 3.94. The van der Waals surface area contributed by atoms with Gasteiger partial charge in [0.15, 0.2) is 5.82 Å². The summed E-state index contributed by atoms with van der Waals surface area (Å²) in [5, 5.41) is 14.0. The highest BCUT2D eigenvalue weighted by atomic mass is 35.5. The Balaban J connectivity index is 0.00000288. The number of hydrogen-bond donors (Lipinski definition) is 1. The Kier molecular flexibility index (Phi) is 6.90. The molecule has 1 aromatic rings. The minimum Gasteiger partial charge on any atom is -0.488 e. The van der Waals surface area contributed by atoms with Crippen molar-refractivity contribution in [1.82, 2.24) is 9.62 Å². The molecule has 1 unspecified atom stereocenters. The van der Waals surface area contributed by atoms with E-state index in [1.54, 1.807) is 7.05 Å². The average Bonchev–Trinajstić information content (AvgIpc) is 2.96. The number of methoxy groups -OCH3 is 1. The maximum absolute atomic E-state index is 14.0. The van der Waals surface area contributed by atoms with Crippen LogP contribution in [0, 0.1) is 21.8 Å². The Morgan fingerprint density at radius 2 is 2.17 bits per heavy atom. The van der Waals surface area contributed by atoms with Gasteiger partial charge < -0.3 is 10.1 Å². The molecular formula is C13H19ClFN3O5S. The van der Waals surface area contributed by atoms with Gasteiger partial charge in [-0.25, -0.2) is 12.8 Å². The highest BCUT2D eigenvalue weighted by Gasteiger charge is 2.34. The summed E-state index contributed by atoms with van der Waals surface area (Å²) in [6.45, 7) is 1.27. The fraction of sp³-hybridized carbons (Fsp3) is 0.538. The van der Waals surface area contributed by atoms with E-state index in [-0.39, 0.29) is 18.3 Å². The van der Waals surface area contributed by atoms with Crippen LogP contribution in [0.15, 0.2) is 17.0 Å². The normalized spacial score (nSPS) is 18.2. The van der Waals surface area contributed by atoms with Gasteiger partial charge in [0.2, 0.25) is 15.8 Å². The van der Waals surface area contributed by atoms with Crippen LogP contribution in [0.5, 0.6) is 5.75 Å². The van der Waals surface area contributed by atoms with E-state index in [2.05, 4.69) is 10.1 Å². The number of ether oxygens (including phenoxy) is 1. The molecule has 1 saturated heterocycles. The topological polar surface area (TPSA) is 102 Å². The maximum Gasteiger partial charge on any atom is 0.315 e. The van der Waals surface area contributed by atoms with Crippen molar-refractivity contribution in [2.45, 2.75) is 11.3 Å². The van der Waals surface area contributed by atoms with Gasteiger partial charge in [-0.2, -0.15) is 4.31 Å². The van der Waals surface area contributed by atoms with Gasteiger partial charge in [-0.1, -0.05) is 0 Å². The molecule has 0 aliphatic carbocycles. The van der Waals surface area contributed by atoms with E-state index >= 15 is 0 Å².